The molecule has 7 heteroatoms. The van der Waals surface area contributed by atoms with E-state index in [1.165, 1.54) is 0 Å². The van der Waals surface area contributed by atoms with Crippen LogP contribution >= 0.6 is 11.6 Å². The Kier molecular flexibility index (Phi) is 5.64. The van der Waals surface area contributed by atoms with Crippen molar-refractivity contribution in [2.24, 2.45) is 0 Å². The van der Waals surface area contributed by atoms with Crippen LogP contribution in [0.5, 0.6) is 11.5 Å². The molecule has 0 unspecified atom stereocenters. The third kappa shape index (κ3) is 3.98. The van der Waals surface area contributed by atoms with Gasteiger partial charge in [-0.05, 0) is 23.8 Å². The van der Waals surface area contributed by atoms with E-state index in [-0.39, 0.29) is 11.3 Å². The molecule has 6 nitrogen and oxygen atoms in total. The van der Waals surface area contributed by atoms with Crippen LogP contribution in [0.1, 0.15) is 5.56 Å². The van der Waals surface area contributed by atoms with E-state index in [2.05, 4.69) is 5.32 Å². The van der Waals surface area contributed by atoms with E-state index in [9.17, 15) is 9.59 Å². The lowest BCUT2D eigenvalue weighted by Crippen LogP contribution is -2.32. The molecule has 1 aliphatic heterocycles. The van der Waals surface area contributed by atoms with Gasteiger partial charge in [0, 0.05) is 28.9 Å². The molecule has 1 aliphatic rings. The smallest absolute Gasteiger partial charge is 0.282 e. The predicted molar refractivity (Wildman–Crippen MR) is 120 cm³/mol. The SMILES string of the molecule is COc1cc(NC2=C(c3ccccc3)C(=O)N(c3cccc(Cl)c3)C2=O)cc(OC)c1. The van der Waals surface area contributed by atoms with Gasteiger partial charge in [-0.2, -0.15) is 0 Å². The Morgan fingerprint density at radius 3 is 2.10 bits per heavy atom. The molecule has 0 saturated heterocycles. The number of nitrogens with one attached hydrogen (secondary N) is 1. The van der Waals surface area contributed by atoms with Gasteiger partial charge in [0.2, 0.25) is 0 Å². The standard InChI is InChI=1S/C24H19ClN2O4/c1-30-19-12-17(13-20(14-19)31-2)26-22-21(15-7-4-3-5-8-15)23(28)27(24(22)29)18-10-6-9-16(25)11-18/h3-14,26H,1-2H3. The van der Waals surface area contributed by atoms with Crippen LogP contribution in [0.2, 0.25) is 5.02 Å². The Morgan fingerprint density at radius 2 is 1.48 bits per heavy atom. The number of rotatable bonds is 6. The Labute approximate surface area is 184 Å². The third-order valence-corrected chi connectivity index (χ3v) is 5.07. The Bertz CT molecular complexity index is 1170. The van der Waals surface area contributed by atoms with Crippen LogP contribution in [0.25, 0.3) is 5.57 Å². The van der Waals surface area contributed by atoms with Crippen LogP contribution in [0.3, 0.4) is 0 Å². The fourth-order valence-corrected chi connectivity index (χ4v) is 3.58. The van der Waals surface area contributed by atoms with E-state index in [1.807, 2.05) is 18.2 Å². The Balaban J connectivity index is 1.82. The van der Waals surface area contributed by atoms with Gasteiger partial charge >= 0.3 is 0 Å². The summed E-state index contributed by atoms with van der Waals surface area (Å²) in [5, 5.41) is 3.54. The summed E-state index contributed by atoms with van der Waals surface area (Å²) in [6, 6.07) is 20.8. The highest BCUT2D eigenvalue weighted by Gasteiger charge is 2.40. The van der Waals surface area contributed by atoms with Crippen LogP contribution in [-0.4, -0.2) is 26.0 Å². The molecule has 0 saturated carbocycles. The average Bonchev–Trinajstić information content (AvgIpc) is 3.03. The summed E-state index contributed by atoms with van der Waals surface area (Å²) in [7, 11) is 3.08. The zero-order valence-electron chi connectivity index (χ0n) is 16.9. The van der Waals surface area contributed by atoms with Crippen LogP contribution in [0.15, 0.2) is 78.5 Å². The molecule has 3 aromatic rings. The molecular weight excluding hydrogens is 416 g/mol. The quantitative estimate of drug-likeness (QED) is 0.567. The molecule has 4 rings (SSSR count). The van der Waals surface area contributed by atoms with Crippen molar-refractivity contribution in [3.05, 3.63) is 89.1 Å². The monoisotopic (exact) mass is 434 g/mol. The van der Waals surface area contributed by atoms with Crippen LogP contribution in [0, 0.1) is 0 Å². The second-order valence-corrected chi connectivity index (χ2v) is 7.20. The molecule has 0 bridgehead atoms. The number of methoxy groups -OCH3 is 2. The maximum atomic E-state index is 13.4. The van der Waals surface area contributed by atoms with Gasteiger partial charge in [0.1, 0.15) is 17.2 Å². The minimum Gasteiger partial charge on any atom is -0.497 e. The minimum atomic E-state index is -0.479. The van der Waals surface area contributed by atoms with Crippen molar-refractivity contribution >= 4 is 40.4 Å². The highest BCUT2D eigenvalue weighted by molar-refractivity contribution is 6.46. The first kappa shape index (κ1) is 20.5. The summed E-state index contributed by atoms with van der Waals surface area (Å²) in [4.78, 5) is 27.9. The number of amides is 2. The second-order valence-electron chi connectivity index (χ2n) is 6.77. The second kappa shape index (κ2) is 8.53. The topological polar surface area (TPSA) is 67.9 Å². The maximum absolute atomic E-state index is 13.4. The number of hydrogen-bond acceptors (Lipinski definition) is 5. The molecule has 0 radical (unpaired) electrons. The van der Waals surface area contributed by atoms with Crippen molar-refractivity contribution < 1.29 is 19.1 Å². The number of nitrogens with zero attached hydrogens (tertiary/aromatic N) is 1. The first-order valence-electron chi connectivity index (χ1n) is 9.46. The van der Waals surface area contributed by atoms with Gasteiger partial charge in [-0.15, -0.1) is 0 Å². The van der Waals surface area contributed by atoms with Crippen molar-refractivity contribution in [2.45, 2.75) is 0 Å². The molecule has 0 atom stereocenters. The molecule has 31 heavy (non-hydrogen) atoms. The van der Waals surface area contributed by atoms with Crippen LogP contribution < -0.4 is 19.7 Å². The van der Waals surface area contributed by atoms with Gasteiger partial charge < -0.3 is 14.8 Å². The number of halogens is 1. The fourth-order valence-electron chi connectivity index (χ4n) is 3.39. The van der Waals surface area contributed by atoms with Gasteiger partial charge in [-0.1, -0.05) is 48.0 Å². The number of anilines is 2. The molecule has 0 spiro atoms. The summed E-state index contributed by atoms with van der Waals surface area (Å²) < 4.78 is 10.6. The van der Waals surface area contributed by atoms with Gasteiger partial charge in [0.25, 0.3) is 11.8 Å². The summed E-state index contributed by atoms with van der Waals surface area (Å²) >= 11 is 6.10. The first-order valence-corrected chi connectivity index (χ1v) is 9.83. The number of carbonyl (C=O) groups excluding carboxylic acids is 2. The number of imide groups is 1. The number of benzene rings is 3. The molecule has 0 aliphatic carbocycles. The molecule has 2 amide bonds. The summed E-state index contributed by atoms with van der Waals surface area (Å²) in [5.41, 5.74) is 2.01. The van der Waals surface area contributed by atoms with E-state index in [1.54, 1.807) is 68.8 Å². The number of hydrogen-bond donors (Lipinski definition) is 1. The lowest BCUT2D eigenvalue weighted by atomic mass is 10.0. The Morgan fingerprint density at radius 1 is 0.806 bits per heavy atom. The van der Waals surface area contributed by atoms with Gasteiger partial charge in [-0.25, -0.2) is 4.90 Å². The lowest BCUT2D eigenvalue weighted by molar-refractivity contribution is -0.120. The van der Waals surface area contributed by atoms with Gasteiger partial charge in [0.15, 0.2) is 0 Å². The van der Waals surface area contributed by atoms with Crippen molar-refractivity contribution in [1.29, 1.82) is 0 Å². The van der Waals surface area contributed by atoms with Crippen LogP contribution in [-0.2, 0) is 9.59 Å². The molecule has 0 fully saturated rings. The zero-order valence-corrected chi connectivity index (χ0v) is 17.6. The molecule has 156 valence electrons. The van der Waals surface area contributed by atoms with E-state index < -0.39 is 11.8 Å². The third-order valence-electron chi connectivity index (χ3n) is 4.83. The van der Waals surface area contributed by atoms with E-state index in [4.69, 9.17) is 21.1 Å². The lowest BCUT2D eigenvalue weighted by Gasteiger charge is -2.16. The highest BCUT2D eigenvalue weighted by Crippen LogP contribution is 2.35. The van der Waals surface area contributed by atoms with Crippen molar-refractivity contribution in [3.8, 4) is 11.5 Å². The maximum Gasteiger partial charge on any atom is 0.282 e. The number of carbonyl (C=O) groups is 2. The van der Waals surface area contributed by atoms with Gasteiger partial charge in [0.05, 0.1) is 25.5 Å². The highest BCUT2D eigenvalue weighted by atomic mass is 35.5. The number of ether oxygens (including phenoxy) is 2. The summed E-state index contributed by atoms with van der Waals surface area (Å²) in [6.07, 6.45) is 0. The van der Waals surface area contributed by atoms with Crippen molar-refractivity contribution in [2.75, 3.05) is 24.4 Å². The van der Waals surface area contributed by atoms with Gasteiger partial charge in [-0.3, -0.25) is 9.59 Å². The van der Waals surface area contributed by atoms with E-state index in [0.717, 1.165) is 4.90 Å². The fraction of sp³-hybridized carbons (Fsp3) is 0.0833. The first-order chi connectivity index (χ1) is 15.0. The largest absolute Gasteiger partial charge is 0.497 e. The molecule has 1 heterocycles. The zero-order chi connectivity index (χ0) is 22.0. The van der Waals surface area contributed by atoms with Crippen molar-refractivity contribution in [1.82, 2.24) is 0 Å². The van der Waals surface area contributed by atoms with E-state index in [0.29, 0.717) is 33.5 Å². The average molecular weight is 435 g/mol. The summed E-state index contributed by atoms with van der Waals surface area (Å²) in [6.45, 7) is 0. The normalized spacial score (nSPS) is 13.6. The Hall–Kier alpha value is -3.77. The van der Waals surface area contributed by atoms with Crippen molar-refractivity contribution in [3.63, 3.8) is 0 Å². The van der Waals surface area contributed by atoms with E-state index >= 15 is 0 Å². The minimum absolute atomic E-state index is 0.159. The molecule has 0 aromatic heterocycles. The summed E-state index contributed by atoms with van der Waals surface area (Å²) in [5.74, 6) is 0.183. The van der Waals surface area contributed by atoms with Crippen LogP contribution in [0.4, 0.5) is 11.4 Å². The molecular formula is C24H19ClN2O4. The predicted octanol–water partition coefficient (Wildman–Crippen LogP) is 4.75. The molecule has 3 aromatic carbocycles. The molecule has 1 N–H and O–H groups in total.